The third-order valence-corrected chi connectivity index (χ3v) is 4.81. The van der Waals surface area contributed by atoms with Crippen molar-refractivity contribution in [2.75, 3.05) is 26.2 Å². The molecule has 0 radical (unpaired) electrons. The number of piperazine rings is 1. The summed E-state index contributed by atoms with van der Waals surface area (Å²) in [5.74, 6) is 1.28. The number of rotatable bonds is 8. The zero-order valence-electron chi connectivity index (χ0n) is 15.5. The Morgan fingerprint density at radius 2 is 2.15 bits per heavy atom. The van der Waals surface area contributed by atoms with Gasteiger partial charge in [-0.15, -0.1) is 0 Å². The van der Waals surface area contributed by atoms with Crippen LogP contribution in [0.2, 0.25) is 0 Å². The van der Waals surface area contributed by atoms with Gasteiger partial charge in [-0.2, -0.15) is 0 Å². The molecule has 0 aliphatic carbocycles. The van der Waals surface area contributed by atoms with Crippen LogP contribution in [0.1, 0.15) is 24.7 Å². The lowest BCUT2D eigenvalue weighted by atomic mass is 10.1. The summed E-state index contributed by atoms with van der Waals surface area (Å²) in [6.45, 7) is 6.86. The van der Waals surface area contributed by atoms with Crippen molar-refractivity contribution in [2.45, 2.75) is 38.9 Å². The van der Waals surface area contributed by atoms with Crippen LogP contribution < -0.4 is 10.6 Å². The van der Waals surface area contributed by atoms with E-state index in [1.54, 1.807) is 0 Å². The molecule has 1 aromatic carbocycles. The molecular formula is C20H29N5O. The molecule has 0 bridgehead atoms. The zero-order valence-corrected chi connectivity index (χ0v) is 15.5. The Kier molecular flexibility index (Phi) is 6.80. The molecule has 0 spiro atoms. The van der Waals surface area contributed by atoms with Crippen molar-refractivity contribution in [1.29, 1.82) is 0 Å². The maximum Gasteiger partial charge on any atom is 0.241 e. The molecule has 3 rings (SSSR count). The van der Waals surface area contributed by atoms with Crippen molar-refractivity contribution in [1.82, 2.24) is 25.1 Å². The molecule has 140 valence electrons. The number of aromatic nitrogens is 2. The number of hydrogen-bond donors (Lipinski definition) is 2. The van der Waals surface area contributed by atoms with Crippen molar-refractivity contribution in [3.8, 4) is 0 Å². The highest BCUT2D eigenvalue weighted by molar-refractivity contribution is 5.82. The standard InChI is InChI=1S/C20H29N5O/c1-2-19-23-11-14-24(19)12-6-13-25(16-17-7-4-3-5-8-17)20(26)18-15-21-9-10-22-18/h3-5,7-8,11,14,18,21-22H,2,6,9-10,12-13,15-16H2,1H3/t18-/m1/s1. The van der Waals surface area contributed by atoms with Crippen molar-refractivity contribution < 1.29 is 4.79 Å². The van der Waals surface area contributed by atoms with E-state index in [2.05, 4.69) is 39.2 Å². The van der Waals surface area contributed by atoms with Crippen LogP contribution in [0.3, 0.4) is 0 Å². The first-order valence-electron chi connectivity index (χ1n) is 9.54. The summed E-state index contributed by atoms with van der Waals surface area (Å²) in [7, 11) is 0. The van der Waals surface area contributed by atoms with Gasteiger partial charge in [-0.05, 0) is 12.0 Å². The van der Waals surface area contributed by atoms with E-state index in [-0.39, 0.29) is 11.9 Å². The molecule has 2 aromatic rings. The van der Waals surface area contributed by atoms with Crippen molar-refractivity contribution in [3.05, 3.63) is 54.1 Å². The summed E-state index contributed by atoms with van der Waals surface area (Å²) in [6.07, 6.45) is 5.72. The second kappa shape index (κ2) is 9.50. The van der Waals surface area contributed by atoms with Gasteiger partial charge in [0, 0.05) is 58.1 Å². The minimum atomic E-state index is -0.132. The van der Waals surface area contributed by atoms with Gasteiger partial charge in [-0.3, -0.25) is 4.79 Å². The molecule has 2 N–H and O–H groups in total. The smallest absolute Gasteiger partial charge is 0.241 e. The van der Waals surface area contributed by atoms with Gasteiger partial charge in [0.2, 0.25) is 5.91 Å². The van der Waals surface area contributed by atoms with E-state index < -0.39 is 0 Å². The van der Waals surface area contributed by atoms with Gasteiger partial charge in [0.05, 0.1) is 6.04 Å². The summed E-state index contributed by atoms with van der Waals surface area (Å²) in [5, 5.41) is 6.64. The molecule has 1 saturated heterocycles. The van der Waals surface area contributed by atoms with E-state index in [0.717, 1.165) is 44.8 Å². The van der Waals surface area contributed by atoms with Gasteiger partial charge in [0.1, 0.15) is 5.82 Å². The van der Waals surface area contributed by atoms with E-state index in [4.69, 9.17) is 0 Å². The summed E-state index contributed by atoms with van der Waals surface area (Å²) in [5.41, 5.74) is 1.17. The Balaban J connectivity index is 1.62. The van der Waals surface area contributed by atoms with Gasteiger partial charge < -0.3 is 20.1 Å². The highest BCUT2D eigenvalue weighted by Gasteiger charge is 2.25. The van der Waals surface area contributed by atoms with E-state index in [1.807, 2.05) is 35.5 Å². The van der Waals surface area contributed by atoms with Crippen LogP contribution in [0.4, 0.5) is 0 Å². The SMILES string of the molecule is CCc1nccn1CCCN(Cc1ccccc1)C(=O)[C@H]1CNCCN1. The van der Waals surface area contributed by atoms with Crippen molar-refractivity contribution in [3.63, 3.8) is 0 Å². The van der Waals surface area contributed by atoms with E-state index >= 15 is 0 Å². The van der Waals surface area contributed by atoms with Crippen molar-refractivity contribution >= 4 is 5.91 Å². The molecule has 1 aliphatic heterocycles. The van der Waals surface area contributed by atoms with E-state index in [1.165, 1.54) is 5.56 Å². The molecule has 1 fully saturated rings. The number of nitrogens with zero attached hydrogens (tertiary/aromatic N) is 3. The second-order valence-electron chi connectivity index (χ2n) is 6.70. The number of imidazole rings is 1. The summed E-state index contributed by atoms with van der Waals surface area (Å²) >= 11 is 0. The molecule has 6 nitrogen and oxygen atoms in total. The lowest BCUT2D eigenvalue weighted by molar-refractivity contribution is -0.134. The molecule has 1 aromatic heterocycles. The van der Waals surface area contributed by atoms with Crippen LogP contribution in [0.25, 0.3) is 0 Å². The number of carbonyl (C=O) groups excluding carboxylic acids is 1. The van der Waals surface area contributed by atoms with Crippen LogP contribution in [-0.4, -0.2) is 52.6 Å². The Morgan fingerprint density at radius 3 is 2.88 bits per heavy atom. The molecular weight excluding hydrogens is 326 g/mol. The second-order valence-corrected chi connectivity index (χ2v) is 6.70. The first-order chi connectivity index (χ1) is 12.8. The highest BCUT2D eigenvalue weighted by Crippen LogP contribution is 2.09. The lowest BCUT2D eigenvalue weighted by Gasteiger charge is -2.30. The first-order valence-corrected chi connectivity index (χ1v) is 9.54. The largest absolute Gasteiger partial charge is 0.337 e. The number of benzene rings is 1. The fourth-order valence-electron chi connectivity index (χ4n) is 3.41. The van der Waals surface area contributed by atoms with Crippen LogP contribution >= 0.6 is 0 Å². The molecule has 26 heavy (non-hydrogen) atoms. The molecule has 0 unspecified atom stereocenters. The summed E-state index contributed by atoms with van der Waals surface area (Å²) in [6, 6.07) is 10.1. The predicted octanol–water partition coefficient (Wildman–Crippen LogP) is 1.43. The molecule has 6 heteroatoms. The van der Waals surface area contributed by atoms with Crippen LogP contribution in [0, 0.1) is 0 Å². The van der Waals surface area contributed by atoms with Gasteiger partial charge in [0.25, 0.3) is 0 Å². The maximum absolute atomic E-state index is 13.0. The summed E-state index contributed by atoms with van der Waals surface area (Å²) < 4.78 is 2.19. The predicted molar refractivity (Wildman–Crippen MR) is 103 cm³/mol. The summed E-state index contributed by atoms with van der Waals surface area (Å²) in [4.78, 5) is 19.4. The normalized spacial score (nSPS) is 17.2. The van der Waals surface area contributed by atoms with Crippen LogP contribution in [0.5, 0.6) is 0 Å². The quantitative estimate of drug-likeness (QED) is 0.752. The molecule has 1 aliphatic rings. The van der Waals surface area contributed by atoms with E-state index in [9.17, 15) is 4.79 Å². The third kappa shape index (κ3) is 4.93. The van der Waals surface area contributed by atoms with E-state index in [0.29, 0.717) is 13.1 Å². The number of aryl methyl sites for hydroxylation is 2. The molecule has 1 atom stereocenters. The average Bonchev–Trinajstić information content (AvgIpc) is 3.15. The fraction of sp³-hybridized carbons (Fsp3) is 0.500. The molecule has 1 amide bonds. The third-order valence-electron chi connectivity index (χ3n) is 4.81. The van der Waals surface area contributed by atoms with Crippen LogP contribution in [0.15, 0.2) is 42.7 Å². The van der Waals surface area contributed by atoms with Gasteiger partial charge in [-0.1, -0.05) is 37.3 Å². The number of hydrogen-bond acceptors (Lipinski definition) is 4. The highest BCUT2D eigenvalue weighted by atomic mass is 16.2. The maximum atomic E-state index is 13.0. The Bertz CT molecular complexity index is 679. The van der Waals surface area contributed by atoms with Gasteiger partial charge in [0.15, 0.2) is 0 Å². The number of amides is 1. The topological polar surface area (TPSA) is 62.2 Å². The average molecular weight is 355 g/mol. The zero-order chi connectivity index (χ0) is 18.2. The van der Waals surface area contributed by atoms with Gasteiger partial charge >= 0.3 is 0 Å². The van der Waals surface area contributed by atoms with Gasteiger partial charge in [-0.25, -0.2) is 4.98 Å². The minimum Gasteiger partial charge on any atom is -0.337 e. The Hall–Kier alpha value is -2.18. The Morgan fingerprint density at radius 1 is 1.31 bits per heavy atom. The van der Waals surface area contributed by atoms with Crippen molar-refractivity contribution in [2.24, 2.45) is 0 Å². The molecule has 0 saturated carbocycles. The van der Waals surface area contributed by atoms with Crippen LogP contribution in [-0.2, 0) is 24.3 Å². The fourth-order valence-corrected chi connectivity index (χ4v) is 3.41. The minimum absolute atomic E-state index is 0.132. The number of nitrogens with one attached hydrogen (secondary N) is 2. The number of carbonyl (C=O) groups is 1. The molecule has 2 heterocycles. The monoisotopic (exact) mass is 355 g/mol. The lowest BCUT2D eigenvalue weighted by Crippen LogP contribution is -2.56. The Labute approximate surface area is 155 Å². The first kappa shape index (κ1) is 18.6.